The molecule has 1 aromatic heterocycles. The third kappa shape index (κ3) is 5.40. The van der Waals surface area contributed by atoms with E-state index in [1.807, 2.05) is 60.7 Å². The summed E-state index contributed by atoms with van der Waals surface area (Å²) in [6.07, 6.45) is 9.30. The molecule has 0 aliphatic heterocycles. The van der Waals surface area contributed by atoms with Crippen molar-refractivity contribution in [3.8, 4) is 5.75 Å². The molecule has 1 aliphatic rings. The van der Waals surface area contributed by atoms with E-state index < -0.39 is 5.97 Å². The molecule has 32 heavy (non-hydrogen) atoms. The smallest absolute Gasteiger partial charge is 0.341 e. The zero-order chi connectivity index (χ0) is 22.2. The highest BCUT2D eigenvalue weighted by molar-refractivity contribution is 5.72. The van der Waals surface area contributed by atoms with Crippen LogP contribution in [0.25, 0.3) is 0 Å². The van der Waals surface area contributed by atoms with Crippen LogP contribution in [0.3, 0.4) is 0 Å². The first-order valence-corrected chi connectivity index (χ1v) is 10.5. The number of hydrogen-bond acceptors (Lipinski definition) is 5. The first kappa shape index (κ1) is 21.3. The molecule has 162 valence electrons. The van der Waals surface area contributed by atoms with Crippen molar-refractivity contribution in [3.63, 3.8) is 0 Å². The highest BCUT2D eigenvalue weighted by atomic mass is 16.6. The molecule has 0 saturated carbocycles. The van der Waals surface area contributed by atoms with E-state index in [0.29, 0.717) is 5.75 Å². The highest BCUT2D eigenvalue weighted by Gasteiger charge is 2.18. The first-order chi connectivity index (χ1) is 15.7. The van der Waals surface area contributed by atoms with Gasteiger partial charge in [0, 0.05) is 18.0 Å². The van der Waals surface area contributed by atoms with Crippen molar-refractivity contribution in [2.75, 3.05) is 6.61 Å². The molecule has 1 unspecified atom stereocenters. The standard InChI is InChI=1S/C26H24N2O4/c29-25(30)18-31-24-8-4-7-22-17-19(9-10-23(22)24)11-16-28-32-26(20-5-2-1-3-6-20)21-12-14-27-15-13-21/h1-8,11-16,26H,9-10,17-18H2,(H,29,30). The van der Waals surface area contributed by atoms with Gasteiger partial charge < -0.3 is 14.7 Å². The lowest BCUT2D eigenvalue weighted by molar-refractivity contribution is -0.139. The summed E-state index contributed by atoms with van der Waals surface area (Å²) < 4.78 is 5.44. The molecule has 6 nitrogen and oxygen atoms in total. The van der Waals surface area contributed by atoms with Gasteiger partial charge in [0.2, 0.25) is 0 Å². The Bertz CT molecular complexity index is 1070. The first-order valence-electron chi connectivity index (χ1n) is 10.5. The lowest BCUT2D eigenvalue weighted by atomic mass is 9.87. The summed E-state index contributed by atoms with van der Waals surface area (Å²) >= 11 is 0. The zero-order valence-corrected chi connectivity index (χ0v) is 17.6. The highest BCUT2D eigenvalue weighted by Crippen LogP contribution is 2.32. The van der Waals surface area contributed by atoms with E-state index in [9.17, 15) is 4.79 Å². The van der Waals surface area contributed by atoms with E-state index in [-0.39, 0.29) is 12.7 Å². The van der Waals surface area contributed by atoms with E-state index >= 15 is 0 Å². The number of carboxylic acids is 1. The zero-order valence-electron chi connectivity index (χ0n) is 17.6. The Balaban J connectivity index is 1.44. The molecule has 0 radical (unpaired) electrons. The molecule has 3 aromatic rings. The number of fused-ring (bicyclic) bond motifs is 1. The summed E-state index contributed by atoms with van der Waals surface area (Å²) in [6, 6.07) is 19.6. The number of aromatic nitrogens is 1. The minimum Gasteiger partial charge on any atom is -0.482 e. The van der Waals surface area contributed by atoms with Crippen LogP contribution in [-0.4, -0.2) is 28.9 Å². The van der Waals surface area contributed by atoms with Gasteiger partial charge in [0.05, 0.1) is 6.21 Å². The Morgan fingerprint density at radius 1 is 1.03 bits per heavy atom. The van der Waals surface area contributed by atoms with Gasteiger partial charge in [-0.05, 0) is 60.2 Å². The lowest BCUT2D eigenvalue weighted by Crippen LogP contribution is -2.13. The minimum atomic E-state index is -0.976. The third-order valence-corrected chi connectivity index (χ3v) is 5.34. The van der Waals surface area contributed by atoms with Crippen LogP contribution in [0.2, 0.25) is 0 Å². The Hall–Kier alpha value is -3.93. The van der Waals surface area contributed by atoms with Crippen molar-refractivity contribution in [3.05, 3.63) is 107 Å². The molecule has 0 spiro atoms. The van der Waals surface area contributed by atoms with Crippen LogP contribution in [0.1, 0.15) is 34.8 Å². The number of oxime groups is 1. The van der Waals surface area contributed by atoms with E-state index in [0.717, 1.165) is 41.5 Å². The number of benzene rings is 2. The Morgan fingerprint density at radius 3 is 2.59 bits per heavy atom. The summed E-state index contributed by atoms with van der Waals surface area (Å²) in [5.41, 5.74) is 5.47. The molecular weight excluding hydrogens is 404 g/mol. The number of carboxylic acid groups (broad SMARTS) is 1. The molecule has 1 heterocycles. The number of pyridine rings is 1. The number of allylic oxidation sites excluding steroid dienone is 2. The van der Waals surface area contributed by atoms with Crippen LogP contribution >= 0.6 is 0 Å². The summed E-state index contributed by atoms with van der Waals surface area (Å²) in [5.74, 6) is -0.320. The molecule has 0 amide bonds. The van der Waals surface area contributed by atoms with Gasteiger partial charge in [0.15, 0.2) is 12.7 Å². The number of hydrogen-bond donors (Lipinski definition) is 1. The van der Waals surface area contributed by atoms with Gasteiger partial charge in [-0.3, -0.25) is 4.98 Å². The normalized spacial score (nSPS) is 15.3. The number of nitrogens with zero attached hydrogens (tertiary/aromatic N) is 2. The second-order valence-corrected chi connectivity index (χ2v) is 7.51. The molecule has 4 rings (SSSR count). The predicted octanol–water partition coefficient (Wildman–Crippen LogP) is 4.75. The molecular formula is C26H24N2O4. The van der Waals surface area contributed by atoms with Gasteiger partial charge in [-0.1, -0.05) is 53.2 Å². The van der Waals surface area contributed by atoms with Gasteiger partial charge in [-0.15, -0.1) is 0 Å². The molecule has 1 aliphatic carbocycles. The van der Waals surface area contributed by atoms with Crippen molar-refractivity contribution in [1.82, 2.24) is 4.98 Å². The van der Waals surface area contributed by atoms with Crippen molar-refractivity contribution in [2.24, 2.45) is 5.16 Å². The fourth-order valence-electron chi connectivity index (χ4n) is 3.81. The van der Waals surface area contributed by atoms with Crippen LogP contribution in [0, 0.1) is 0 Å². The van der Waals surface area contributed by atoms with Crippen LogP contribution in [0.5, 0.6) is 5.75 Å². The van der Waals surface area contributed by atoms with Gasteiger partial charge in [0.1, 0.15) is 5.75 Å². The van der Waals surface area contributed by atoms with Crippen LogP contribution in [0.15, 0.2) is 89.9 Å². The fourth-order valence-corrected chi connectivity index (χ4v) is 3.81. The number of aliphatic carboxylic acids is 1. The van der Waals surface area contributed by atoms with Gasteiger partial charge in [-0.2, -0.15) is 0 Å². The minimum absolute atomic E-state index is 0.310. The molecule has 2 aromatic carbocycles. The Labute approximate surface area is 186 Å². The van der Waals surface area contributed by atoms with E-state index in [4.69, 9.17) is 14.7 Å². The Morgan fingerprint density at radius 2 is 1.81 bits per heavy atom. The van der Waals surface area contributed by atoms with Gasteiger partial charge in [0.25, 0.3) is 0 Å². The maximum absolute atomic E-state index is 10.8. The van der Waals surface area contributed by atoms with Crippen molar-refractivity contribution < 1.29 is 19.5 Å². The van der Waals surface area contributed by atoms with E-state index in [1.54, 1.807) is 18.6 Å². The Kier molecular flexibility index (Phi) is 6.92. The second kappa shape index (κ2) is 10.4. The summed E-state index contributed by atoms with van der Waals surface area (Å²) in [5, 5.41) is 13.1. The van der Waals surface area contributed by atoms with Crippen molar-refractivity contribution >= 4 is 12.2 Å². The molecule has 1 atom stereocenters. The lowest BCUT2D eigenvalue weighted by Gasteiger charge is -2.21. The van der Waals surface area contributed by atoms with Gasteiger partial charge >= 0.3 is 5.97 Å². The van der Waals surface area contributed by atoms with Crippen LogP contribution in [0.4, 0.5) is 0 Å². The molecule has 1 N–H and O–H groups in total. The SMILES string of the molecule is O=C(O)COc1cccc2c1CCC(=CC=NOC(c1ccccc1)c1ccncc1)C2. The summed E-state index contributed by atoms with van der Waals surface area (Å²) in [4.78, 5) is 20.8. The number of ether oxygens (including phenoxy) is 1. The number of carbonyl (C=O) groups is 1. The van der Waals surface area contributed by atoms with Crippen LogP contribution in [-0.2, 0) is 22.5 Å². The van der Waals surface area contributed by atoms with E-state index in [2.05, 4.69) is 16.2 Å². The van der Waals surface area contributed by atoms with Crippen molar-refractivity contribution in [1.29, 1.82) is 0 Å². The molecule has 0 bridgehead atoms. The van der Waals surface area contributed by atoms with Crippen LogP contribution < -0.4 is 4.74 Å². The summed E-state index contributed by atoms with van der Waals surface area (Å²) in [7, 11) is 0. The monoisotopic (exact) mass is 428 g/mol. The maximum atomic E-state index is 10.8. The van der Waals surface area contributed by atoms with Gasteiger partial charge in [-0.25, -0.2) is 4.79 Å². The average Bonchev–Trinajstić information content (AvgIpc) is 2.83. The topological polar surface area (TPSA) is 81.0 Å². The van der Waals surface area contributed by atoms with Crippen molar-refractivity contribution in [2.45, 2.75) is 25.4 Å². The number of rotatable bonds is 8. The van der Waals surface area contributed by atoms with E-state index in [1.165, 1.54) is 5.57 Å². The summed E-state index contributed by atoms with van der Waals surface area (Å²) in [6.45, 7) is -0.330. The third-order valence-electron chi connectivity index (χ3n) is 5.34. The predicted molar refractivity (Wildman–Crippen MR) is 122 cm³/mol. The quantitative estimate of drug-likeness (QED) is 0.414. The second-order valence-electron chi connectivity index (χ2n) is 7.51. The average molecular weight is 428 g/mol. The molecule has 0 fully saturated rings. The molecule has 0 saturated heterocycles. The molecule has 6 heteroatoms. The maximum Gasteiger partial charge on any atom is 0.341 e. The largest absolute Gasteiger partial charge is 0.482 e. The fraction of sp³-hybridized carbons (Fsp3) is 0.192.